The monoisotopic (exact) mass is 2050 g/mol. The Labute approximate surface area is 930 Å². The lowest BCUT2D eigenvalue weighted by atomic mass is 10.1. The van der Waals surface area contributed by atoms with Crippen molar-refractivity contribution >= 4 is 0 Å². The Morgan fingerprint density at radius 1 is 0.0559 bits per heavy atom. The van der Waals surface area contributed by atoms with Crippen molar-refractivity contribution < 1.29 is 5.11 Å². The van der Waals surface area contributed by atoms with Crippen molar-refractivity contribution in [2.24, 2.45) is 0 Å². The molecule has 0 fully saturated rings. The molecule has 143 heavy (non-hydrogen) atoms. The molecule has 0 aromatic rings. The second kappa shape index (κ2) is 266. The van der Waals surface area contributed by atoms with Gasteiger partial charge in [-0.2, -0.15) is 0 Å². The SMILES string of the molecule is CCCCCCC.CCCCCCC.CCCCCCC.CCCCCCC.CCCCCCC.CCCCCCC.CCCCCCC.CCCCCCC.CCCCCCC.CCCCCCC.CCCCCCC.CCCCCCC.CCCCCCC.CCCCCCC.CCCCCCC.CCCCCCC.CCCCCCC.CCCCCCC.CCCCCCC.CCCCCCCCCO. The van der Waals surface area contributed by atoms with Gasteiger partial charge in [-0.1, -0.05) is 919 Å². The minimum atomic E-state index is 0.369. The maximum atomic E-state index is 8.47. The lowest BCUT2D eigenvalue weighted by molar-refractivity contribution is 0.282. The fraction of sp³-hybridized carbons (Fsp3) is 1.00. The molecule has 0 aromatic heterocycles. The molecule has 1 nitrogen and oxygen atoms in total. The van der Waals surface area contributed by atoms with Crippen molar-refractivity contribution in [2.75, 3.05) is 6.61 Å². The molecule has 1 heteroatoms. The highest BCUT2D eigenvalue weighted by atomic mass is 16.3. The van der Waals surface area contributed by atoms with Gasteiger partial charge in [0.1, 0.15) is 0 Å². The fourth-order valence-corrected chi connectivity index (χ4v) is 13.9. The number of rotatable bonds is 83. The molecule has 0 unspecified atom stereocenters. The average molecular weight is 2050 g/mol. The van der Waals surface area contributed by atoms with Gasteiger partial charge in [0.15, 0.2) is 0 Å². The molecular formula is C142H324O. The van der Waals surface area contributed by atoms with Gasteiger partial charge in [0, 0.05) is 6.61 Å². The van der Waals surface area contributed by atoms with E-state index in [-0.39, 0.29) is 0 Å². The molecule has 1 N–H and O–H groups in total. The third-order valence-electron chi connectivity index (χ3n) is 24.7. The van der Waals surface area contributed by atoms with Crippen LogP contribution >= 0.6 is 0 Å². The number of hydrogen-bond acceptors (Lipinski definition) is 1. The summed E-state index contributed by atoms with van der Waals surface area (Å²) in [5.74, 6) is 0. The van der Waals surface area contributed by atoms with Gasteiger partial charge in [-0.15, -0.1) is 0 Å². The number of unbranched alkanes of at least 4 members (excludes halogenated alkanes) is 82. The predicted molar refractivity (Wildman–Crippen MR) is 699 cm³/mol. The minimum Gasteiger partial charge on any atom is -0.396 e. The van der Waals surface area contributed by atoms with Crippen molar-refractivity contribution in [2.45, 2.75) is 925 Å². The molecule has 0 amide bonds. The maximum absolute atomic E-state index is 8.47. The van der Waals surface area contributed by atoms with E-state index in [9.17, 15) is 0 Å². The Morgan fingerprint density at radius 3 is 0.133 bits per heavy atom. The van der Waals surface area contributed by atoms with Gasteiger partial charge in [-0.25, -0.2) is 0 Å². The summed E-state index contributed by atoms with van der Waals surface area (Å²) in [6.07, 6.45) is 142. The van der Waals surface area contributed by atoms with Gasteiger partial charge in [0.25, 0.3) is 0 Å². The molecule has 0 heterocycles. The zero-order valence-electron chi connectivity index (χ0n) is 112. The highest BCUT2D eigenvalue weighted by Gasteiger charge is 1.93. The van der Waals surface area contributed by atoms with E-state index < -0.39 is 0 Å². The van der Waals surface area contributed by atoms with E-state index in [0.717, 1.165) is 6.42 Å². The van der Waals surface area contributed by atoms with Crippen LogP contribution in [-0.4, -0.2) is 11.7 Å². The van der Waals surface area contributed by atoms with Crippen LogP contribution in [0.3, 0.4) is 0 Å². The van der Waals surface area contributed by atoms with Crippen LogP contribution in [0.5, 0.6) is 0 Å². The fourth-order valence-electron chi connectivity index (χ4n) is 13.9. The first kappa shape index (κ1) is 191. The van der Waals surface area contributed by atoms with Gasteiger partial charge < -0.3 is 5.11 Å². The van der Waals surface area contributed by atoms with Crippen LogP contribution in [0.15, 0.2) is 0 Å². The summed E-state index contributed by atoms with van der Waals surface area (Å²) in [5.41, 5.74) is 0. The number of aliphatic hydroxyl groups excluding tert-OH is 1. The standard InChI is InChI=1S/C9H20O.19C7H16/c1-2-3-4-5-6-7-8-9-10;19*1-3-5-7-6-4-2/h10H,2-9H2,1H3;19*3-7H2,1-2H3. The molecule has 0 saturated carbocycles. The molecule has 0 spiro atoms. The predicted octanol–water partition coefficient (Wildman–Crippen LogP) is 59.3. The molecule has 0 aromatic carbocycles. The van der Waals surface area contributed by atoms with Crippen LogP contribution < -0.4 is 0 Å². The molecule has 0 radical (unpaired) electrons. The topological polar surface area (TPSA) is 20.2 Å². The normalized spacial score (nSPS) is 9.48. The average Bonchev–Trinajstić information content (AvgIpc) is 1.16. The lowest BCUT2D eigenvalue weighted by Crippen LogP contribution is -1.83. The smallest absolute Gasteiger partial charge is 0.0431 e. The van der Waals surface area contributed by atoms with Crippen molar-refractivity contribution in [1.29, 1.82) is 0 Å². The van der Waals surface area contributed by atoms with E-state index in [1.807, 2.05) is 0 Å². The van der Waals surface area contributed by atoms with Crippen LogP contribution in [0, 0.1) is 0 Å². The van der Waals surface area contributed by atoms with E-state index in [4.69, 9.17) is 5.11 Å². The minimum absolute atomic E-state index is 0.369. The van der Waals surface area contributed by atoms with Gasteiger partial charge in [-0.05, 0) is 6.42 Å². The van der Waals surface area contributed by atoms with Gasteiger partial charge in [0.05, 0.1) is 0 Å². The molecule has 898 valence electrons. The lowest BCUT2D eigenvalue weighted by Gasteiger charge is -1.97. The summed E-state index contributed by atoms with van der Waals surface area (Å²) in [5, 5.41) is 8.47. The first-order chi connectivity index (χ1) is 69.8. The maximum Gasteiger partial charge on any atom is 0.0431 e. The summed E-state index contributed by atoms with van der Waals surface area (Å²) >= 11 is 0. The molecule has 0 saturated heterocycles. The van der Waals surface area contributed by atoms with Crippen molar-refractivity contribution in [3.63, 3.8) is 0 Å². The summed E-state index contributed by atoms with van der Waals surface area (Å²) in [4.78, 5) is 0. The molecule has 0 aliphatic rings. The molecule has 0 aliphatic heterocycles. The Bertz CT molecular complexity index is 898. The van der Waals surface area contributed by atoms with Crippen LogP contribution in [0.2, 0.25) is 0 Å². The van der Waals surface area contributed by atoms with Crippen molar-refractivity contribution in [3.8, 4) is 0 Å². The first-order valence-electron chi connectivity index (χ1n) is 69.4. The second-order valence-electron chi connectivity index (χ2n) is 42.0. The Morgan fingerprint density at radius 2 is 0.0909 bits per heavy atom. The summed E-state index contributed by atoms with van der Waals surface area (Å²) in [6.45, 7) is 87.9. The Balaban J connectivity index is -0.0000000619. The summed E-state index contributed by atoms with van der Waals surface area (Å²) in [7, 11) is 0. The van der Waals surface area contributed by atoms with Crippen molar-refractivity contribution in [1.82, 2.24) is 0 Å². The molecule has 0 atom stereocenters. The zero-order chi connectivity index (χ0) is 113. The van der Waals surface area contributed by atoms with E-state index in [1.165, 1.54) is 649 Å². The zero-order valence-corrected chi connectivity index (χ0v) is 112. The molecule has 0 aliphatic carbocycles. The summed E-state index contributed by atoms with van der Waals surface area (Å²) < 4.78 is 0. The Hall–Kier alpha value is -0.0400. The quantitative estimate of drug-likeness (QED) is 0.0602. The summed E-state index contributed by atoms with van der Waals surface area (Å²) in [6, 6.07) is 0. The highest BCUT2D eigenvalue weighted by molar-refractivity contribution is 4.49. The van der Waals surface area contributed by atoms with Gasteiger partial charge in [0.2, 0.25) is 0 Å². The van der Waals surface area contributed by atoms with Crippen LogP contribution in [0.1, 0.15) is 925 Å². The number of hydrogen-bond donors (Lipinski definition) is 1. The van der Waals surface area contributed by atoms with Crippen LogP contribution in [0.4, 0.5) is 0 Å². The second-order valence-corrected chi connectivity index (χ2v) is 42.0. The molecule has 0 bridgehead atoms. The van der Waals surface area contributed by atoms with Gasteiger partial charge in [-0.3, -0.25) is 0 Å². The van der Waals surface area contributed by atoms with E-state index in [1.54, 1.807) is 0 Å². The van der Waals surface area contributed by atoms with E-state index in [2.05, 4.69) is 270 Å². The third-order valence-corrected chi connectivity index (χ3v) is 24.7. The largest absolute Gasteiger partial charge is 0.396 e. The van der Waals surface area contributed by atoms with Crippen LogP contribution in [-0.2, 0) is 0 Å². The van der Waals surface area contributed by atoms with E-state index in [0.29, 0.717) is 6.61 Å². The third kappa shape index (κ3) is 404. The van der Waals surface area contributed by atoms with E-state index >= 15 is 0 Å². The highest BCUT2D eigenvalue weighted by Crippen LogP contribution is 2.12. The van der Waals surface area contributed by atoms with Crippen molar-refractivity contribution in [3.05, 3.63) is 0 Å². The number of aliphatic hydroxyl groups is 1. The molecule has 0 rings (SSSR count). The van der Waals surface area contributed by atoms with Gasteiger partial charge >= 0.3 is 0 Å². The van der Waals surface area contributed by atoms with Crippen LogP contribution in [0.25, 0.3) is 0 Å². The first-order valence-corrected chi connectivity index (χ1v) is 69.4. The Kier molecular flexibility index (Phi) is 355. The molecular weight excluding hydrogens is 1720 g/mol.